The fourth-order valence-corrected chi connectivity index (χ4v) is 3.11. The van der Waals surface area contributed by atoms with Crippen LogP contribution in [0.25, 0.3) is 0 Å². The number of anilines is 1. The van der Waals surface area contributed by atoms with Gasteiger partial charge in [0.05, 0.1) is 12.3 Å². The van der Waals surface area contributed by atoms with Crippen molar-refractivity contribution in [3.05, 3.63) is 17.6 Å². The minimum Gasteiger partial charge on any atom is -0.378 e. The first kappa shape index (κ1) is 15.2. The number of methoxy groups -OCH3 is 1. The van der Waals surface area contributed by atoms with Crippen molar-refractivity contribution < 1.29 is 4.74 Å². The van der Waals surface area contributed by atoms with Crippen LogP contribution in [0.4, 0.5) is 5.82 Å². The van der Waals surface area contributed by atoms with E-state index in [-0.39, 0.29) is 0 Å². The molecular weight excluding hydrogens is 252 g/mol. The van der Waals surface area contributed by atoms with Gasteiger partial charge in [-0.25, -0.2) is 15.8 Å². The Morgan fingerprint density at radius 3 is 2.65 bits per heavy atom. The lowest BCUT2D eigenvalue weighted by Crippen LogP contribution is -2.18. The molecule has 0 bridgehead atoms. The highest BCUT2D eigenvalue weighted by Gasteiger charge is 2.24. The molecule has 0 spiro atoms. The van der Waals surface area contributed by atoms with Crippen LogP contribution in [0.15, 0.2) is 6.07 Å². The maximum Gasteiger partial charge on any atom is 0.144 e. The molecule has 0 amide bonds. The summed E-state index contributed by atoms with van der Waals surface area (Å²) < 4.78 is 5.16. The van der Waals surface area contributed by atoms with Crippen molar-refractivity contribution >= 4 is 5.82 Å². The molecule has 5 heteroatoms. The third kappa shape index (κ3) is 3.90. The van der Waals surface area contributed by atoms with Crippen LogP contribution in [-0.2, 0) is 11.3 Å². The summed E-state index contributed by atoms with van der Waals surface area (Å²) in [6.07, 6.45) is 7.60. The summed E-state index contributed by atoms with van der Waals surface area (Å²) in [5, 5.41) is 0. The molecule has 2 rings (SSSR count). The third-order valence-electron chi connectivity index (χ3n) is 4.15. The molecule has 1 aromatic rings. The average Bonchev–Trinajstić information content (AvgIpc) is 2.48. The fraction of sp³-hybridized carbons (Fsp3) is 0.733. The summed E-state index contributed by atoms with van der Waals surface area (Å²) in [6.45, 7) is 2.76. The van der Waals surface area contributed by atoms with Gasteiger partial charge in [-0.3, -0.25) is 0 Å². The van der Waals surface area contributed by atoms with Gasteiger partial charge >= 0.3 is 0 Å². The van der Waals surface area contributed by atoms with Crippen LogP contribution in [0, 0.1) is 5.92 Å². The largest absolute Gasteiger partial charge is 0.378 e. The van der Waals surface area contributed by atoms with E-state index < -0.39 is 0 Å². The zero-order chi connectivity index (χ0) is 14.4. The number of nitrogens with zero attached hydrogens (tertiary/aromatic N) is 2. The summed E-state index contributed by atoms with van der Waals surface area (Å²) in [5.74, 6) is 8.45. The van der Waals surface area contributed by atoms with E-state index >= 15 is 0 Å². The number of hydrogen-bond acceptors (Lipinski definition) is 5. The zero-order valence-electron chi connectivity index (χ0n) is 12.6. The second-order valence-electron chi connectivity index (χ2n) is 5.69. The van der Waals surface area contributed by atoms with Crippen LogP contribution in [0.5, 0.6) is 0 Å². The van der Waals surface area contributed by atoms with Crippen molar-refractivity contribution in [1.29, 1.82) is 0 Å². The Morgan fingerprint density at radius 1 is 1.30 bits per heavy atom. The number of aromatic nitrogens is 2. The molecule has 3 N–H and O–H groups in total. The van der Waals surface area contributed by atoms with Crippen LogP contribution in [0.2, 0.25) is 0 Å². The quantitative estimate of drug-likeness (QED) is 0.618. The molecule has 5 nitrogen and oxygen atoms in total. The molecule has 112 valence electrons. The standard InChI is InChI=1S/C15H26N4O/c1-3-4-11-5-7-12(8-6-11)15-17-13(10-20-2)9-14(18-15)19-16/h9,11-12H,3-8,10,16H2,1-2H3,(H,17,18,19). The number of hydrazine groups is 1. The average molecular weight is 278 g/mol. The Balaban J connectivity index is 2.06. The second kappa shape index (κ2) is 7.55. The second-order valence-corrected chi connectivity index (χ2v) is 5.69. The maximum absolute atomic E-state index is 5.49. The highest BCUT2D eigenvalue weighted by molar-refractivity contribution is 5.34. The molecule has 20 heavy (non-hydrogen) atoms. The lowest BCUT2D eigenvalue weighted by molar-refractivity contribution is 0.181. The molecule has 0 atom stereocenters. The van der Waals surface area contributed by atoms with Crippen LogP contribution < -0.4 is 11.3 Å². The molecular formula is C15H26N4O. The van der Waals surface area contributed by atoms with Gasteiger partial charge in [-0.15, -0.1) is 0 Å². The van der Waals surface area contributed by atoms with Gasteiger partial charge in [-0.1, -0.05) is 19.8 Å². The predicted octanol–water partition coefficient (Wildman–Crippen LogP) is 2.98. The Labute approximate surface area is 121 Å². The SMILES string of the molecule is CCCC1CCC(c2nc(COC)cc(NN)n2)CC1. The zero-order valence-corrected chi connectivity index (χ0v) is 12.6. The van der Waals surface area contributed by atoms with Gasteiger partial charge in [-0.05, 0) is 31.6 Å². The van der Waals surface area contributed by atoms with Crippen LogP contribution in [0.3, 0.4) is 0 Å². The van der Waals surface area contributed by atoms with Gasteiger partial charge in [0.1, 0.15) is 11.6 Å². The van der Waals surface area contributed by atoms with E-state index in [4.69, 9.17) is 10.6 Å². The van der Waals surface area contributed by atoms with E-state index in [0.29, 0.717) is 18.3 Å². The molecule has 0 aliphatic heterocycles. The number of nitrogens with two attached hydrogens (primary N) is 1. The number of ether oxygens (including phenoxy) is 1. The molecule has 0 aromatic carbocycles. The first-order valence-electron chi connectivity index (χ1n) is 7.60. The van der Waals surface area contributed by atoms with Crippen LogP contribution in [-0.4, -0.2) is 17.1 Å². The maximum atomic E-state index is 5.49. The summed E-state index contributed by atoms with van der Waals surface area (Å²) in [5.41, 5.74) is 3.52. The molecule has 1 fully saturated rings. The lowest BCUT2D eigenvalue weighted by atomic mass is 9.80. The molecule has 0 unspecified atom stereocenters. The normalized spacial score (nSPS) is 22.8. The van der Waals surface area contributed by atoms with Gasteiger partial charge in [-0.2, -0.15) is 0 Å². The van der Waals surface area contributed by atoms with Crippen molar-refractivity contribution in [3.63, 3.8) is 0 Å². The Bertz CT molecular complexity index is 416. The van der Waals surface area contributed by atoms with Gasteiger partial charge in [0.25, 0.3) is 0 Å². The number of hydrogen-bond donors (Lipinski definition) is 2. The molecule has 0 saturated heterocycles. The monoisotopic (exact) mass is 278 g/mol. The summed E-state index contributed by atoms with van der Waals surface area (Å²) in [4.78, 5) is 9.16. The van der Waals surface area contributed by atoms with Gasteiger partial charge in [0, 0.05) is 19.1 Å². The Kier molecular flexibility index (Phi) is 5.73. The number of nitrogens with one attached hydrogen (secondary N) is 1. The fourth-order valence-electron chi connectivity index (χ4n) is 3.11. The van der Waals surface area contributed by atoms with E-state index in [1.807, 2.05) is 6.07 Å². The number of rotatable bonds is 6. The molecule has 1 heterocycles. The highest BCUT2D eigenvalue weighted by Crippen LogP contribution is 2.36. The third-order valence-corrected chi connectivity index (χ3v) is 4.15. The van der Waals surface area contributed by atoms with Crippen molar-refractivity contribution in [2.45, 2.75) is 58.0 Å². The Hall–Kier alpha value is -1.20. The minimum absolute atomic E-state index is 0.465. The van der Waals surface area contributed by atoms with E-state index in [1.165, 1.54) is 38.5 Å². The Morgan fingerprint density at radius 2 is 2.05 bits per heavy atom. The van der Waals surface area contributed by atoms with E-state index in [2.05, 4.69) is 22.3 Å². The van der Waals surface area contributed by atoms with Crippen molar-refractivity contribution in [2.24, 2.45) is 11.8 Å². The summed E-state index contributed by atoms with van der Waals surface area (Å²) in [6, 6.07) is 1.84. The molecule has 1 aliphatic rings. The van der Waals surface area contributed by atoms with E-state index in [1.54, 1.807) is 7.11 Å². The molecule has 1 aliphatic carbocycles. The smallest absolute Gasteiger partial charge is 0.144 e. The predicted molar refractivity (Wildman–Crippen MR) is 80.2 cm³/mol. The first-order chi connectivity index (χ1) is 9.76. The van der Waals surface area contributed by atoms with E-state index in [0.717, 1.165) is 17.4 Å². The van der Waals surface area contributed by atoms with Crippen molar-refractivity contribution in [1.82, 2.24) is 9.97 Å². The molecule has 1 saturated carbocycles. The van der Waals surface area contributed by atoms with Gasteiger partial charge < -0.3 is 10.2 Å². The van der Waals surface area contributed by atoms with Crippen LogP contribution >= 0.6 is 0 Å². The van der Waals surface area contributed by atoms with Crippen molar-refractivity contribution in [3.8, 4) is 0 Å². The topological polar surface area (TPSA) is 73.1 Å². The van der Waals surface area contributed by atoms with Crippen molar-refractivity contribution in [2.75, 3.05) is 12.5 Å². The molecule has 1 aromatic heterocycles. The van der Waals surface area contributed by atoms with E-state index in [9.17, 15) is 0 Å². The molecule has 0 radical (unpaired) electrons. The van der Waals surface area contributed by atoms with Crippen LogP contribution in [0.1, 0.15) is 62.9 Å². The number of nitrogen functional groups attached to an aromatic ring is 1. The summed E-state index contributed by atoms with van der Waals surface area (Å²) in [7, 11) is 1.67. The minimum atomic E-state index is 0.465. The summed E-state index contributed by atoms with van der Waals surface area (Å²) >= 11 is 0. The highest BCUT2D eigenvalue weighted by atomic mass is 16.5. The lowest BCUT2D eigenvalue weighted by Gasteiger charge is -2.27. The van der Waals surface area contributed by atoms with Gasteiger partial charge in [0.2, 0.25) is 0 Å². The van der Waals surface area contributed by atoms with Gasteiger partial charge in [0.15, 0.2) is 0 Å². The first-order valence-corrected chi connectivity index (χ1v) is 7.60.